The third-order valence-corrected chi connectivity index (χ3v) is 2.60. The fourth-order valence-corrected chi connectivity index (χ4v) is 1.14. The molecular formula is C10H22N2O4S. The molecule has 17 heavy (non-hydrogen) atoms. The Morgan fingerprint density at radius 2 is 1.65 bits per heavy atom. The molecular weight excluding hydrogens is 244 g/mol. The molecule has 0 aliphatic rings. The molecule has 0 aromatic heterocycles. The van der Waals surface area contributed by atoms with Crippen molar-refractivity contribution in [3.8, 4) is 0 Å². The van der Waals surface area contributed by atoms with E-state index >= 15 is 0 Å². The third-order valence-electron chi connectivity index (χ3n) is 1.95. The van der Waals surface area contributed by atoms with Crippen molar-refractivity contribution in [1.29, 1.82) is 0 Å². The Morgan fingerprint density at radius 1 is 1.18 bits per heavy atom. The van der Waals surface area contributed by atoms with Gasteiger partial charge in [0.05, 0.1) is 0 Å². The van der Waals surface area contributed by atoms with Gasteiger partial charge in [-0.1, -0.05) is 13.8 Å². The molecule has 102 valence electrons. The van der Waals surface area contributed by atoms with Crippen LogP contribution in [-0.4, -0.2) is 46.2 Å². The monoisotopic (exact) mass is 266 g/mol. The summed E-state index contributed by atoms with van der Waals surface area (Å²) in [6.45, 7) is 3.55. The fourth-order valence-electron chi connectivity index (χ4n) is 0.653. The maximum absolute atomic E-state index is 10.1. The van der Waals surface area contributed by atoms with Crippen LogP contribution in [0.2, 0.25) is 0 Å². The minimum atomic E-state index is -0.931. The number of carboxylic acid groups (broad SMARTS) is 2. The summed E-state index contributed by atoms with van der Waals surface area (Å²) in [5.41, 5.74) is 10.3. The topological polar surface area (TPSA) is 127 Å². The zero-order chi connectivity index (χ0) is 14.0. The number of hydrogen-bond acceptors (Lipinski definition) is 5. The van der Waals surface area contributed by atoms with E-state index in [4.69, 9.17) is 21.7 Å². The van der Waals surface area contributed by atoms with Gasteiger partial charge >= 0.3 is 11.9 Å². The molecule has 0 amide bonds. The number of aliphatic carboxylic acids is 2. The molecule has 0 spiro atoms. The van der Waals surface area contributed by atoms with Crippen LogP contribution < -0.4 is 11.5 Å². The Bertz CT molecular complexity index is 236. The maximum atomic E-state index is 10.1. The highest BCUT2D eigenvalue weighted by Gasteiger charge is 2.14. The summed E-state index contributed by atoms with van der Waals surface area (Å²) in [4.78, 5) is 20.1. The molecule has 0 aliphatic heterocycles. The van der Waals surface area contributed by atoms with Gasteiger partial charge in [0, 0.05) is 0 Å². The molecule has 0 bridgehead atoms. The van der Waals surface area contributed by atoms with Gasteiger partial charge in [-0.2, -0.15) is 11.8 Å². The lowest BCUT2D eigenvalue weighted by molar-refractivity contribution is -0.140. The second-order valence-electron chi connectivity index (χ2n) is 3.83. The van der Waals surface area contributed by atoms with Crippen LogP contribution in [-0.2, 0) is 9.59 Å². The number of carbonyl (C=O) groups is 2. The molecule has 0 radical (unpaired) electrons. The maximum Gasteiger partial charge on any atom is 0.320 e. The van der Waals surface area contributed by atoms with Gasteiger partial charge in [-0.25, -0.2) is 0 Å². The van der Waals surface area contributed by atoms with E-state index in [1.165, 1.54) is 0 Å². The van der Waals surface area contributed by atoms with Crippen molar-refractivity contribution in [3.63, 3.8) is 0 Å². The second kappa shape index (κ2) is 10.4. The van der Waals surface area contributed by atoms with E-state index < -0.39 is 24.0 Å². The summed E-state index contributed by atoms with van der Waals surface area (Å²) < 4.78 is 0. The van der Waals surface area contributed by atoms with Crippen LogP contribution in [0.5, 0.6) is 0 Å². The normalized spacial score (nSPS) is 13.5. The van der Waals surface area contributed by atoms with Gasteiger partial charge in [-0.15, -0.1) is 0 Å². The predicted octanol–water partition coefficient (Wildman–Crippen LogP) is 0.206. The molecule has 7 heteroatoms. The zero-order valence-corrected chi connectivity index (χ0v) is 11.2. The molecule has 2 atom stereocenters. The number of carboxylic acids is 2. The van der Waals surface area contributed by atoms with Crippen LogP contribution in [0, 0.1) is 5.92 Å². The van der Waals surface area contributed by atoms with Gasteiger partial charge in [-0.05, 0) is 24.3 Å². The molecule has 0 saturated heterocycles. The molecule has 0 rings (SSSR count). The first-order valence-corrected chi connectivity index (χ1v) is 6.59. The van der Waals surface area contributed by atoms with Crippen molar-refractivity contribution in [2.45, 2.75) is 32.4 Å². The van der Waals surface area contributed by atoms with E-state index in [0.29, 0.717) is 6.42 Å². The van der Waals surface area contributed by atoms with Gasteiger partial charge in [0.15, 0.2) is 0 Å². The van der Waals surface area contributed by atoms with Gasteiger partial charge in [0.2, 0.25) is 0 Å². The first-order chi connectivity index (χ1) is 7.73. The number of hydrogen-bond donors (Lipinski definition) is 4. The lowest BCUT2D eigenvalue weighted by Gasteiger charge is -2.07. The smallest absolute Gasteiger partial charge is 0.320 e. The SMILES string of the molecule is CC(C)[C@@H](N)C(=O)O.CSCC[C@H](N)C(=O)O. The summed E-state index contributed by atoms with van der Waals surface area (Å²) in [5.74, 6) is -1.01. The Balaban J connectivity index is 0. The Hall–Kier alpha value is -0.790. The average molecular weight is 266 g/mol. The summed E-state index contributed by atoms with van der Waals surface area (Å²) in [7, 11) is 0. The number of thioether (sulfide) groups is 1. The first-order valence-electron chi connectivity index (χ1n) is 5.19. The highest BCUT2D eigenvalue weighted by Crippen LogP contribution is 1.97. The zero-order valence-electron chi connectivity index (χ0n) is 10.4. The van der Waals surface area contributed by atoms with Crippen molar-refractivity contribution in [3.05, 3.63) is 0 Å². The Kier molecular flexibility index (Phi) is 11.3. The van der Waals surface area contributed by atoms with Crippen molar-refractivity contribution >= 4 is 23.7 Å². The van der Waals surface area contributed by atoms with Crippen LogP contribution in [0.15, 0.2) is 0 Å². The second-order valence-corrected chi connectivity index (χ2v) is 4.82. The van der Waals surface area contributed by atoms with Crippen molar-refractivity contribution in [2.24, 2.45) is 17.4 Å². The van der Waals surface area contributed by atoms with Crippen molar-refractivity contribution < 1.29 is 19.8 Å². The average Bonchev–Trinajstić information content (AvgIpc) is 2.25. The van der Waals surface area contributed by atoms with Crippen LogP contribution in [0.4, 0.5) is 0 Å². The van der Waals surface area contributed by atoms with Crippen LogP contribution in [0.25, 0.3) is 0 Å². The Labute approximate surface area is 106 Å². The predicted molar refractivity (Wildman–Crippen MR) is 69.1 cm³/mol. The largest absolute Gasteiger partial charge is 0.480 e. The minimum absolute atomic E-state index is 0.0208. The molecule has 0 aromatic carbocycles. The minimum Gasteiger partial charge on any atom is -0.480 e. The molecule has 0 unspecified atom stereocenters. The first kappa shape index (κ1) is 18.6. The summed E-state index contributed by atoms with van der Waals surface area (Å²) in [5, 5.41) is 16.5. The van der Waals surface area contributed by atoms with E-state index in [2.05, 4.69) is 0 Å². The number of rotatable bonds is 6. The van der Waals surface area contributed by atoms with Crippen molar-refractivity contribution in [1.82, 2.24) is 0 Å². The van der Waals surface area contributed by atoms with Crippen LogP contribution in [0.3, 0.4) is 0 Å². The molecule has 6 nitrogen and oxygen atoms in total. The van der Waals surface area contributed by atoms with E-state index in [9.17, 15) is 9.59 Å². The molecule has 6 N–H and O–H groups in total. The molecule has 0 fully saturated rings. The van der Waals surface area contributed by atoms with Gasteiger partial charge in [0.1, 0.15) is 12.1 Å². The van der Waals surface area contributed by atoms with Crippen molar-refractivity contribution in [2.75, 3.05) is 12.0 Å². The summed E-state index contributed by atoms with van der Waals surface area (Å²) in [6, 6.07) is -1.40. The van der Waals surface area contributed by atoms with E-state index in [1.807, 2.05) is 6.26 Å². The molecule has 0 aliphatic carbocycles. The lowest BCUT2D eigenvalue weighted by atomic mass is 10.1. The highest BCUT2D eigenvalue weighted by atomic mass is 32.2. The van der Waals surface area contributed by atoms with Crippen LogP contribution >= 0.6 is 11.8 Å². The van der Waals surface area contributed by atoms with E-state index in [0.717, 1.165) is 5.75 Å². The van der Waals surface area contributed by atoms with E-state index in [1.54, 1.807) is 25.6 Å². The summed E-state index contributed by atoms with van der Waals surface area (Å²) in [6.07, 6.45) is 2.48. The van der Waals surface area contributed by atoms with Gasteiger partial charge in [0.25, 0.3) is 0 Å². The van der Waals surface area contributed by atoms with Gasteiger partial charge in [-0.3, -0.25) is 9.59 Å². The summed E-state index contributed by atoms with van der Waals surface area (Å²) >= 11 is 1.60. The highest BCUT2D eigenvalue weighted by molar-refractivity contribution is 7.98. The fraction of sp³-hybridized carbons (Fsp3) is 0.800. The van der Waals surface area contributed by atoms with Gasteiger partial charge < -0.3 is 21.7 Å². The molecule has 0 saturated carbocycles. The van der Waals surface area contributed by atoms with E-state index in [-0.39, 0.29) is 5.92 Å². The molecule has 0 aromatic rings. The lowest BCUT2D eigenvalue weighted by Crippen LogP contribution is -2.34. The Morgan fingerprint density at radius 3 is 1.82 bits per heavy atom. The molecule has 0 heterocycles. The number of nitrogens with two attached hydrogens (primary N) is 2. The third kappa shape index (κ3) is 11.5. The quantitative estimate of drug-likeness (QED) is 0.541. The van der Waals surface area contributed by atoms with Crippen LogP contribution in [0.1, 0.15) is 20.3 Å². The standard InChI is InChI=1S/C5H11NO2S.C5H11NO2/c1-9-3-2-4(6)5(7)8;1-3(2)4(6)5(7)8/h4H,2-3,6H2,1H3,(H,7,8);3-4H,6H2,1-2H3,(H,7,8)/t2*4-/m01/s1.